The number of hydrogen-bond donors (Lipinski definition) is 1. The summed E-state index contributed by atoms with van der Waals surface area (Å²) >= 11 is 0. The average molecular weight is 456 g/mol. The monoisotopic (exact) mass is 455 g/mol. The molecule has 3 rings (SSSR count). The van der Waals surface area contributed by atoms with Crippen molar-refractivity contribution in [1.82, 2.24) is 9.88 Å². The molecule has 182 valence electrons. The summed E-state index contributed by atoms with van der Waals surface area (Å²) in [5, 5.41) is 1.15. The van der Waals surface area contributed by atoms with Crippen molar-refractivity contribution < 1.29 is 14.3 Å². The number of piperidine rings is 1. The number of carbonyl (C=O) groups excluding carboxylic acids is 1. The highest BCUT2D eigenvalue weighted by atomic mass is 16.6. The number of unbranched alkanes of at least 4 members (excludes halogenated alkanes) is 2. The molecule has 1 saturated heterocycles. The zero-order valence-corrected chi connectivity index (χ0v) is 20.8. The molecular formula is C27H41N3O3. The van der Waals surface area contributed by atoms with Gasteiger partial charge in [-0.2, -0.15) is 0 Å². The summed E-state index contributed by atoms with van der Waals surface area (Å²) < 4.78 is 11.9. The van der Waals surface area contributed by atoms with Crippen LogP contribution in [0.15, 0.2) is 30.5 Å². The van der Waals surface area contributed by atoms with Gasteiger partial charge in [-0.05, 0) is 61.3 Å². The Kier molecular flexibility index (Phi) is 8.95. The van der Waals surface area contributed by atoms with E-state index in [1.165, 1.54) is 24.8 Å². The number of rotatable bonds is 10. The van der Waals surface area contributed by atoms with E-state index in [0.29, 0.717) is 0 Å². The Morgan fingerprint density at radius 3 is 2.67 bits per heavy atom. The van der Waals surface area contributed by atoms with E-state index < -0.39 is 6.09 Å². The van der Waals surface area contributed by atoms with Crippen LogP contribution < -0.4 is 10.5 Å². The predicted molar refractivity (Wildman–Crippen MR) is 134 cm³/mol. The second-order valence-corrected chi connectivity index (χ2v) is 10.4. The van der Waals surface area contributed by atoms with Crippen molar-refractivity contribution in [2.45, 2.75) is 84.8 Å². The average Bonchev–Trinajstić information content (AvgIpc) is 2.77. The summed E-state index contributed by atoms with van der Waals surface area (Å²) in [4.78, 5) is 18.3. The molecule has 1 aromatic carbocycles. The number of amides is 1. The van der Waals surface area contributed by atoms with E-state index >= 15 is 0 Å². The van der Waals surface area contributed by atoms with Gasteiger partial charge in [-0.1, -0.05) is 46.6 Å². The minimum atomic E-state index is -0.695. The molecule has 2 aromatic rings. The highest BCUT2D eigenvalue weighted by molar-refractivity contribution is 5.85. The van der Waals surface area contributed by atoms with E-state index in [2.05, 4.69) is 55.8 Å². The molecule has 1 atom stereocenters. The van der Waals surface area contributed by atoms with Crippen LogP contribution in [0, 0.1) is 5.41 Å². The van der Waals surface area contributed by atoms with Gasteiger partial charge in [0.1, 0.15) is 23.5 Å². The first kappa shape index (κ1) is 25.3. The minimum absolute atomic E-state index is 0.132. The Labute approximate surface area is 198 Å². The van der Waals surface area contributed by atoms with Crippen molar-refractivity contribution in [2.24, 2.45) is 11.1 Å². The zero-order valence-electron chi connectivity index (χ0n) is 20.8. The van der Waals surface area contributed by atoms with Crippen molar-refractivity contribution in [1.29, 1.82) is 0 Å². The topological polar surface area (TPSA) is 77.7 Å². The maximum Gasteiger partial charge on any atom is 0.404 e. The number of ether oxygens (including phenoxy) is 2. The molecule has 0 radical (unpaired) electrons. The number of nitrogens with zero attached hydrogens (tertiary/aromatic N) is 2. The summed E-state index contributed by atoms with van der Waals surface area (Å²) in [5.74, 6) is 0.917. The molecule has 1 unspecified atom stereocenters. The minimum Gasteiger partial charge on any atom is -0.488 e. The highest BCUT2D eigenvalue weighted by Crippen LogP contribution is 2.30. The number of benzene rings is 1. The van der Waals surface area contributed by atoms with Crippen LogP contribution in [0.25, 0.3) is 10.9 Å². The van der Waals surface area contributed by atoms with Gasteiger partial charge in [-0.3, -0.25) is 4.98 Å². The largest absolute Gasteiger partial charge is 0.488 e. The van der Waals surface area contributed by atoms with Crippen LogP contribution in [0.1, 0.15) is 71.8 Å². The number of fused-ring (bicyclic) bond motifs is 1. The molecule has 6 nitrogen and oxygen atoms in total. The van der Waals surface area contributed by atoms with Crippen molar-refractivity contribution in [3.8, 4) is 5.75 Å². The van der Waals surface area contributed by atoms with Gasteiger partial charge < -0.3 is 20.1 Å². The normalized spacial score (nSPS) is 16.6. The predicted octanol–water partition coefficient (Wildman–Crippen LogP) is 5.71. The Hall–Kier alpha value is -2.34. The molecule has 2 N–H and O–H groups in total. The Balaban J connectivity index is 1.57. The molecule has 0 saturated carbocycles. The van der Waals surface area contributed by atoms with Gasteiger partial charge in [-0.15, -0.1) is 0 Å². The number of likely N-dealkylation sites (tertiary alicyclic amines) is 1. The van der Waals surface area contributed by atoms with Crippen LogP contribution in [-0.4, -0.2) is 47.8 Å². The number of aryl methyl sites for hydroxylation is 1. The van der Waals surface area contributed by atoms with E-state index in [9.17, 15) is 4.79 Å². The number of pyridine rings is 1. The van der Waals surface area contributed by atoms with Gasteiger partial charge in [0.25, 0.3) is 0 Å². The van der Waals surface area contributed by atoms with E-state index in [1.807, 2.05) is 12.3 Å². The number of aromatic nitrogens is 1. The molecule has 1 aromatic heterocycles. The van der Waals surface area contributed by atoms with Crippen LogP contribution in [0.3, 0.4) is 0 Å². The third-order valence-corrected chi connectivity index (χ3v) is 6.56. The third kappa shape index (κ3) is 7.60. The van der Waals surface area contributed by atoms with E-state index in [0.717, 1.165) is 62.0 Å². The Morgan fingerprint density at radius 2 is 2.00 bits per heavy atom. The molecule has 6 heteroatoms. The van der Waals surface area contributed by atoms with Crippen LogP contribution >= 0.6 is 0 Å². The summed E-state index contributed by atoms with van der Waals surface area (Å²) in [6.45, 7) is 11.3. The number of carbonyl (C=O) groups is 1. The lowest BCUT2D eigenvalue weighted by Crippen LogP contribution is -2.42. The van der Waals surface area contributed by atoms with Crippen LogP contribution in [0.4, 0.5) is 4.79 Å². The van der Waals surface area contributed by atoms with Gasteiger partial charge in [0.2, 0.25) is 0 Å². The molecule has 0 spiro atoms. The molecule has 2 heterocycles. The molecule has 0 aliphatic carbocycles. The smallest absolute Gasteiger partial charge is 0.404 e. The van der Waals surface area contributed by atoms with Crippen molar-refractivity contribution in [3.05, 3.63) is 36.0 Å². The van der Waals surface area contributed by atoms with Crippen LogP contribution in [-0.2, 0) is 11.2 Å². The zero-order chi connectivity index (χ0) is 23.8. The van der Waals surface area contributed by atoms with Crippen molar-refractivity contribution in [2.75, 3.05) is 19.6 Å². The molecule has 1 fully saturated rings. The molecule has 1 aliphatic rings. The fourth-order valence-corrected chi connectivity index (χ4v) is 4.57. The first-order chi connectivity index (χ1) is 15.8. The van der Waals surface area contributed by atoms with E-state index in [-0.39, 0.29) is 17.6 Å². The molecule has 1 amide bonds. The summed E-state index contributed by atoms with van der Waals surface area (Å²) in [5.41, 5.74) is 7.43. The van der Waals surface area contributed by atoms with Gasteiger partial charge in [0.15, 0.2) is 0 Å². The first-order valence-electron chi connectivity index (χ1n) is 12.5. The van der Waals surface area contributed by atoms with Crippen LogP contribution in [0.5, 0.6) is 5.75 Å². The Morgan fingerprint density at radius 1 is 1.24 bits per heavy atom. The maximum absolute atomic E-state index is 11.3. The molecular weight excluding hydrogens is 414 g/mol. The fraction of sp³-hybridized carbons (Fsp3) is 0.630. The number of nitrogens with two attached hydrogens (primary N) is 1. The highest BCUT2D eigenvalue weighted by Gasteiger charge is 2.29. The number of primary amides is 1. The van der Waals surface area contributed by atoms with Gasteiger partial charge in [0.05, 0.1) is 0 Å². The second kappa shape index (κ2) is 11.7. The lowest BCUT2D eigenvalue weighted by Gasteiger charge is -2.35. The van der Waals surface area contributed by atoms with Gasteiger partial charge in [0, 0.05) is 31.2 Å². The third-order valence-electron chi connectivity index (χ3n) is 6.56. The second-order valence-electron chi connectivity index (χ2n) is 10.4. The van der Waals surface area contributed by atoms with E-state index in [4.69, 9.17) is 15.2 Å². The lowest BCUT2D eigenvalue weighted by molar-refractivity contribution is 0.0193. The van der Waals surface area contributed by atoms with Gasteiger partial charge in [-0.25, -0.2) is 4.79 Å². The van der Waals surface area contributed by atoms with Crippen LogP contribution in [0.2, 0.25) is 0 Å². The lowest BCUT2D eigenvalue weighted by atomic mass is 9.87. The number of hydrogen-bond acceptors (Lipinski definition) is 5. The van der Waals surface area contributed by atoms with Gasteiger partial charge >= 0.3 is 6.09 Å². The SMILES string of the molecule is CCCCCc1cc(OC2CCN(CCC(OC(N)=O)C(C)(C)C)CC2)c2ncccc2c1. The van der Waals surface area contributed by atoms with Crippen molar-refractivity contribution in [3.63, 3.8) is 0 Å². The van der Waals surface area contributed by atoms with Crippen molar-refractivity contribution >= 4 is 17.0 Å². The maximum atomic E-state index is 11.3. The Bertz CT molecular complexity index is 901. The first-order valence-corrected chi connectivity index (χ1v) is 12.5. The molecule has 33 heavy (non-hydrogen) atoms. The quantitative estimate of drug-likeness (QED) is 0.464. The summed E-state index contributed by atoms with van der Waals surface area (Å²) in [7, 11) is 0. The standard InChI is InChI=1S/C27H41N3O3/c1-5-6-7-9-20-18-21-10-8-14-29-25(21)23(19-20)32-22-11-15-30(16-12-22)17-13-24(27(2,3)4)33-26(28)31/h8,10,14,18-19,22,24H,5-7,9,11-13,15-17H2,1-4H3,(H2,28,31). The molecule has 0 bridgehead atoms. The summed E-state index contributed by atoms with van der Waals surface area (Å²) in [6.07, 6.45) is 8.65. The van der Waals surface area contributed by atoms with E-state index in [1.54, 1.807) is 0 Å². The molecule has 1 aliphatic heterocycles. The summed E-state index contributed by atoms with van der Waals surface area (Å²) in [6, 6.07) is 8.58. The fourth-order valence-electron chi connectivity index (χ4n) is 4.57.